The van der Waals surface area contributed by atoms with Crippen LogP contribution in [0.4, 0.5) is 0 Å². The maximum atomic E-state index is 4.53. The minimum atomic E-state index is 0.844. The lowest BCUT2D eigenvalue weighted by atomic mass is 10.0. The van der Waals surface area contributed by atoms with Crippen molar-refractivity contribution in [1.29, 1.82) is 0 Å². The molecule has 3 rings (SSSR count). The van der Waals surface area contributed by atoms with E-state index in [9.17, 15) is 0 Å². The summed E-state index contributed by atoms with van der Waals surface area (Å²) in [6.45, 7) is 2.31. The Balaban J connectivity index is 1.51. The van der Waals surface area contributed by atoms with Crippen LogP contribution in [0.5, 0.6) is 0 Å². The Labute approximate surface area is 97.3 Å². The van der Waals surface area contributed by atoms with Gasteiger partial charge in [-0.2, -0.15) is 0 Å². The van der Waals surface area contributed by atoms with Crippen LogP contribution in [-0.4, -0.2) is 22.1 Å². The fraction of sp³-hybridized carbons (Fsp3) is 0.769. The molecule has 16 heavy (non-hydrogen) atoms. The van der Waals surface area contributed by atoms with Crippen molar-refractivity contribution in [2.75, 3.05) is 6.54 Å². The van der Waals surface area contributed by atoms with Crippen molar-refractivity contribution in [3.05, 3.63) is 17.7 Å². The second-order valence-electron chi connectivity index (χ2n) is 5.12. The number of imidazole rings is 1. The van der Waals surface area contributed by atoms with E-state index in [-0.39, 0.29) is 0 Å². The average molecular weight is 219 g/mol. The van der Waals surface area contributed by atoms with E-state index >= 15 is 0 Å². The summed E-state index contributed by atoms with van der Waals surface area (Å²) in [7, 11) is 0. The van der Waals surface area contributed by atoms with E-state index in [1.165, 1.54) is 56.3 Å². The number of hydrogen-bond donors (Lipinski definition) is 1. The van der Waals surface area contributed by atoms with Crippen molar-refractivity contribution >= 4 is 0 Å². The van der Waals surface area contributed by atoms with Gasteiger partial charge in [0.25, 0.3) is 0 Å². The molecule has 1 N–H and O–H groups in total. The van der Waals surface area contributed by atoms with Crippen LogP contribution >= 0.6 is 0 Å². The highest BCUT2D eigenvalue weighted by Crippen LogP contribution is 2.20. The summed E-state index contributed by atoms with van der Waals surface area (Å²) < 4.78 is 2.38. The summed E-state index contributed by atoms with van der Waals surface area (Å²) in [4.78, 5) is 4.53. The van der Waals surface area contributed by atoms with Crippen molar-refractivity contribution in [3.8, 4) is 0 Å². The molecular weight excluding hydrogens is 198 g/mol. The average Bonchev–Trinajstić information content (AvgIpc) is 3.05. The highest BCUT2D eigenvalue weighted by molar-refractivity contribution is 5.16. The molecule has 0 atom stereocenters. The summed E-state index contributed by atoms with van der Waals surface area (Å²) in [5.74, 6) is 0. The molecule has 88 valence electrons. The summed E-state index contributed by atoms with van der Waals surface area (Å²) in [6.07, 6.45) is 11.2. The van der Waals surface area contributed by atoms with Crippen molar-refractivity contribution in [1.82, 2.24) is 14.9 Å². The van der Waals surface area contributed by atoms with Gasteiger partial charge in [-0.3, -0.25) is 0 Å². The van der Waals surface area contributed by atoms with Crippen molar-refractivity contribution in [3.63, 3.8) is 0 Å². The fourth-order valence-electron chi connectivity index (χ4n) is 2.57. The molecule has 1 aromatic heterocycles. The van der Waals surface area contributed by atoms with E-state index in [1.54, 1.807) is 0 Å². The minimum Gasteiger partial charge on any atom is -0.334 e. The molecule has 0 aromatic carbocycles. The third-order valence-corrected chi connectivity index (χ3v) is 3.70. The third-order valence-electron chi connectivity index (χ3n) is 3.70. The van der Waals surface area contributed by atoms with Gasteiger partial charge in [0.2, 0.25) is 0 Å². The first-order chi connectivity index (χ1) is 7.93. The van der Waals surface area contributed by atoms with E-state index in [1.807, 2.05) is 6.33 Å². The Morgan fingerprint density at radius 1 is 1.31 bits per heavy atom. The third kappa shape index (κ3) is 2.29. The second-order valence-corrected chi connectivity index (χ2v) is 5.12. The van der Waals surface area contributed by atoms with Crippen LogP contribution < -0.4 is 5.32 Å². The first kappa shape index (κ1) is 10.3. The van der Waals surface area contributed by atoms with Crippen LogP contribution in [0.15, 0.2) is 6.33 Å². The first-order valence-corrected chi connectivity index (χ1v) is 6.70. The number of nitrogens with one attached hydrogen (secondary N) is 1. The van der Waals surface area contributed by atoms with Crippen molar-refractivity contribution in [2.24, 2.45) is 0 Å². The Hall–Kier alpha value is -0.830. The van der Waals surface area contributed by atoms with Gasteiger partial charge in [-0.1, -0.05) is 0 Å². The van der Waals surface area contributed by atoms with Crippen LogP contribution in [0.3, 0.4) is 0 Å². The highest BCUT2D eigenvalue weighted by Gasteiger charge is 2.19. The normalized spacial score (nSPS) is 19.8. The number of aryl methyl sites for hydroxylation is 2. The predicted octanol–water partition coefficient (Wildman–Crippen LogP) is 1.90. The van der Waals surface area contributed by atoms with Gasteiger partial charge in [0.1, 0.15) is 0 Å². The minimum absolute atomic E-state index is 0.844. The van der Waals surface area contributed by atoms with Crippen LogP contribution in [0.1, 0.15) is 43.5 Å². The molecule has 2 aliphatic carbocycles. The maximum Gasteiger partial charge on any atom is 0.0951 e. The van der Waals surface area contributed by atoms with E-state index in [4.69, 9.17) is 0 Å². The SMILES string of the molecule is c1nc2c(n1CCCNC1CC1)CCCC2. The Morgan fingerprint density at radius 3 is 3.06 bits per heavy atom. The van der Waals surface area contributed by atoms with Crippen LogP contribution in [0.25, 0.3) is 0 Å². The molecule has 3 heteroatoms. The monoisotopic (exact) mass is 219 g/mol. The molecule has 0 aliphatic heterocycles. The largest absolute Gasteiger partial charge is 0.334 e. The highest BCUT2D eigenvalue weighted by atomic mass is 15.1. The lowest BCUT2D eigenvalue weighted by molar-refractivity contribution is 0.551. The van der Waals surface area contributed by atoms with E-state index in [0.717, 1.165) is 19.1 Å². The topological polar surface area (TPSA) is 29.9 Å². The Kier molecular flexibility index (Phi) is 2.96. The molecule has 1 aromatic rings. The zero-order valence-electron chi connectivity index (χ0n) is 9.91. The molecular formula is C13H21N3. The van der Waals surface area contributed by atoms with Crippen LogP contribution in [-0.2, 0) is 19.4 Å². The standard InChI is InChI=1S/C13H21N3/c1-2-5-13-12(4-1)15-10-16(13)9-3-8-14-11-6-7-11/h10-11,14H,1-9H2. The van der Waals surface area contributed by atoms with Gasteiger partial charge in [0, 0.05) is 18.3 Å². The first-order valence-electron chi connectivity index (χ1n) is 6.70. The number of fused-ring (bicyclic) bond motifs is 1. The Bertz CT molecular complexity index is 352. The zero-order valence-corrected chi connectivity index (χ0v) is 9.91. The summed E-state index contributed by atoms with van der Waals surface area (Å²) in [6, 6.07) is 0.844. The van der Waals surface area contributed by atoms with E-state index in [2.05, 4.69) is 14.9 Å². The van der Waals surface area contributed by atoms with Crippen molar-refractivity contribution in [2.45, 2.75) is 57.5 Å². The smallest absolute Gasteiger partial charge is 0.0951 e. The van der Waals surface area contributed by atoms with Gasteiger partial charge >= 0.3 is 0 Å². The number of nitrogens with zero attached hydrogens (tertiary/aromatic N) is 2. The fourth-order valence-corrected chi connectivity index (χ4v) is 2.57. The number of rotatable bonds is 5. The zero-order chi connectivity index (χ0) is 10.8. The van der Waals surface area contributed by atoms with Gasteiger partial charge in [0.05, 0.1) is 12.0 Å². The Morgan fingerprint density at radius 2 is 2.19 bits per heavy atom. The van der Waals surface area contributed by atoms with Gasteiger partial charge in [-0.25, -0.2) is 4.98 Å². The number of hydrogen-bond acceptors (Lipinski definition) is 2. The second kappa shape index (κ2) is 4.58. The van der Waals surface area contributed by atoms with E-state index in [0.29, 0.717) is 0 Å². The summed E-state index contributed by atoms with van der Waals surface area (Å²) in [5.41, 5.74) is 2.87. The van der Waals surface area contributed by atoms with Gasteiger partial charge < -0.3 is 9.88 Å². The molecule has 0 bridgehead atoms. The quantitative estimate of drug-likeness (QED) is 0.767. The predicted molar refractivity (Wildman–Crippen MR) is 64.5 cm³/mol. The molecule has 0 spiro atoms. The van der Waals surface area contributed by atoms with Crippen molar-refractivity contribution < 1.29 is 0 Å². The molecule has 0 amide bonds. The lowest BCUT2D eigenvalue weighted by Gasteiger charge is -2.14. The molecule has 1 heterocycles. The van der Waals surface area contributed by atoms with Crippen LogP contribution in [0.2, 0.25) is 0 Å². The van der Waals surface area contributed by atoms with E-state index < -0.39 is 0 Å². The molecule has 0 radical (unpaired) electrons. The van der Waals surface area contributed by atoms with Gasteiger partial charge in [-0.05, 0) is 51.5 Å². The molecule has 2 aliphatic rings. The molecule has 0 unspecified atom stereocenters. The molecule has 1 fully saturated rings. The summed E-state index contributed by atoms with van der Waals surface area (Å²) >= 11 is 0. The molecule has 3 nitrogen and oxygen atoms in total. The van der Waals surface area contributed by atoms with Gasteiger partial charge in [0.15, 0.2) is 0 Å². The molecule has 0 saturated heterocycles. The molecule has 1 saturated carbocycles. The summed E-state index contributed by atoms with van der Waals surface area (Å²) in [5, 5.41) is 3.57. The maximum absolute atomic E-state index is 4.53. The van der Waals surface area contributed by atoms with Gasteiger partial charge in [-0.15, -0.1) is 0 Å². The number of aromatic nitrogens is 2. The lowest BCUT2D eigenvalue weighted by Crippen LogP contribution is -2.19. The van der Waals surface area contributed by atoms with Crippen LogP contribution in [0, 0.1) is 0 Å².